The molecule has 0 saturated carbocycles. The molecule has 0 aromatic carbocycles. The van der Waals surface area contributed by atoms with Gasteiger partial charge >= 0.3 is 0 Å². The molecule has 2 aromatic heterocycles. The van der Waals surface area contributed by atoms with Crippen LogP contribution in [0.4, 0.5) is 0 Å². The highest BCUT2D eigenvalue weighted by Crippen LogP contribution is 2.18. The normalized spacial score (nSPS) is 12.2. The Hall–Kier alpha value is -2.22. The van der Waals surface area contributed by atoms with E-state index >= 15 is 0 Å². The summed E-state index contributed by atoms with van der Waals surface area (Å²) in [4.78, 5) is 28.2. The molecule has 0 bridgehead atoms. The highest BCUT2D eigenvalue weighted by Gasteiger charge is 2.22. The molecule has 0 aliphatic carbocycles. The number of H-pyrrole nitrogens is 1. The molecule has 2 amide bonds. The van der Waals surface area contributed by atoms with Crippen molar-refractivity contribution in [3.63, 3.8) is 0 Å². The molecule has 0 unspecified atom stereocenters. The van der Waals surface area contributed by atoms with Gasteiger partial charge in [0.2, 0.25) is 5.91 Å². The van der Waals surface area contributed by atoms with Gasteiger partial charge in [-0.3, -0.25) is 14.7 Å². The lowest BCUT2D eigenvalue weighted by Crippen LogP contribution is -2.33. The van der Waals surface area contributed by atoms with Gasteiger partial charge in [0.15, 0.2) is 5.82 Å². The van der Waals surface area contributed by atoms with Crippen LogP contribution < -0.4 is 10.6 Å². The SMILES string of the molecule is Cc1nc([C@@H](NC(=O)CCCNC(=O)c2ccsc2)C(C)C)n[nH]1. The molecule has 130 valence electrons. The molecule has 0 aliphatic heterocycles. The minimum Gasteiger partial charge on any atom is -0.352 e. The first-order chi connectivity index (χ1) is 11.5. The molecule has 0 aliphatic rings. The standard InChI is InChI=1S/C16H23N5O2S/c1-10(2)14(15-18-11(3)20-21-15)19-13(22)5-4-7-17-16(23)12-6-8-24-9-12/h6,8-10,14H,4-5,7H2,1-3H3,(H,17,23)(H,19,22)(H,18,20,21)/t14-/m0/s1. The third-order valence-corrected chi connectivity index (χ3v) is 4.21. The topological polar surface area (TPSA) is 99.8 Å². The van der Waals surface area contributed by atoms with Gasteiger partial charge in [-0.15, -0.1) is 0 Å². The van der Waals surface area contributed by atoms with Crippen molar-refractivity contribution in [1.29, 1.82) is 0 Å². The predicted molar refractivity (Wildman–Crippen MR) is 92.7 cm³/mol. The van der Waals surface area contributed by atoms with Gasteiger partial charge in [-0.05, 0) is 30.7 Å². The number of hydrogen-bond acceptors (Lipinski definition) is 5. The maximum absolute atomic E-state index is 12.1. The number of aromatic amines is 1. The fraction of sp³-hybridized carbons (Fsp3) is 0.500. The van der Waals surface area contributed by atoms with E-state index in [0.717, 1.165) is 5.82 Å². The molecule has 7 nitrogen and oxygen atoms in total. The van der Waals surface area contributed by atoms with E-state index in [-0.39, 0.29) is 23.8 Å². The molecule has 1 atom stereocenters. The molecule has 3 N–H and O–H groups in total. The van der Waals surface area contributed by atoms with Crippen LogP contribution in [0.25, 0.3) is 0 Å². The fourth-order valence-corrected chi connectivity index (χ4v) is 2.86. The number of nitrogens with one attached hydrogen (secondary N) is 3. The molecular formula is C16H23N5O2S. The number of amides is 2. The monoisotopic (exact) mass is 349 g/mol. The lowest BCUT2D eigenvalue weighted by Gasteiger charge is -2.19. The van der Waals surface area contributed by atoms with Crippen LogP contribution in [0.2, 0.25) is 0 Å². The Labute approximate surface area is 145 Å². The zero-order chi connectivity index (χ0) is 17.5. The maximum Gasteiger partial charge on any atom is 0.252 e. The van der Waals surface area contributed by atoms with Crippen molar-refractivity contribution in [2.24, 2.45) is 5.92 Å². The van der Waals surface area contributed by atoms with E-state index in [1.165, 1.54) is 11.3 Å². The molecule has 0 radical (unpaired) electrons. The first-order valence-corrected chi connectivity index (χ1v) is 8.90. The summed E-state index contributed by atoms with van der Waals surface area (Å²) in [6, 6.07) is 1.56. The Balaban J connectivity index is 1.74. The van der Waals surface area contributed by atoms with Crippen molar-refractivity contribution in [3.8, 4) is 0 Å². The predicted octanol–water partition coefficient (Wildman–Crippen LogP) is 2.20. The molecule has 0 saturated heterocycles. The largest absolute Gasteiger partial charge is 0.352 e. The molecule has 2 aromatic rings. The summed E-state index contributed by atoms with van der Waals surface area (Å²) < 4.78 is 0. The third-order valence-electron chi connectivity index (χ3n) is 3.53. The van der Waals surface area contributed by atoms with Gasteiger partial charge in [-0.25, -0.2) is 4.98 Å². The second-order valence-electron chi connectivity index (χ2n) is 5.94. The van der Waals surface area contributed by atoms with Crippen LogP contribution >= 0.6 is 11.3 Å². The minimum absolute atomic E-state index is 0.0686. The summed E-state index contributed by atoms with van der Waals surface area (Å²) in [6.45, 7) is 6.31. The van der Waals surface area contributed by atoms with Gasteiger partial charge in [0, 0.05) is 23.9 Å². The van der Waals surface area contributed by atoms with E-state index in [9.17, 15) is 9.59 Å². The number of carbonyl (C=O) groups is 2. The lowest BCUT2D eigenvalue weighted by molar-refractivity contribution is -0.122. The smallest absolute Gasteiger partial charge is 0.252 e. The average Bonchev–Trinajstić information content (AvgIpc) is 3.20. The molecule has 2 heterocycles. The Morgan fingerprint density at radius 3 is 2.75 bits per heavy atom. The highest BCUT2D eigenvalue weighted by molar-refractivity contribution is 7.08. The van der Waals surface area contributed by atoms with Gasteiger partial charge in [0.05, 0.1) is 6.04 Å². The summed E-state index contributed by atoms with van der Waals surface area (Å²) in [5.41, 5.74) is 0.657. The number of carbonyl (C=O) groups excluding carboxylic acids is 2. The van der Waals surface area contributed by atoms with Crippen molar-refractivity contribution in [1.82, 2.24) is 25.8 Å². The number of rotatable bonds is 8. The van der Waals surface area contributed by atoms with E-state index < -0.39 is 0 Å². The van der Waals surface area contributed by atoms with Gasteiger partial charge < -0.3 is 10.6 Å². The minimum atomic E-state index is -0.220. The Bertz CT molecular complexity index is 666. The van der Waals surface area contributed by atoms with E-state index in [1.54, 1.807) is 11.4 Å². The number of aromatic nitrogens is 3. The molecule has 2 rings (SSSR count). The second-order valence-corrected chi connectivity index (χ2v) is 6.72. The summed E-state index contributed by atoms with van der Waals surface area (Å²) in [6.07, 6.45) is 0.927. The van der Waals surface area contributed by atoms with Gasteiger partial charge in [-0.1, -0.05) is 13.8 Å². The highest BCUT2D eigenvalue weighted by atomic mass is 32.1. The zero-order valence-electron chi connectivity index (χ0n) is 14.1. The number of aryl methyl sites for hydroxylation is 1. The van der Waals surface area contributed by atoms with Crippen LogP contribution in [-0.2, 0) is 4.79 Å². The Kier molecular flexibility index (Phi) is 6.48. The zero-order valence-corrected chi connectivity index (χ0v) is 14.9. The van der Waals surface area contributed by atoms with Crippen molar-refractivity contribution in [3.05, 3.63) is 34.0 Å². The summed E-state index contributed by atoms with van der Waals surface area (Å²) in [7, 11) is 0. The third kappa shape index (κ3) is 5.16. The van der Waals surface area contributed by atoms with Crippen molar-refractivity contribution in [2.75, 3.05) is 6.54 Å². The molecule has 8 heteroatoms. The first kappa shape index (κ1) is 18.1. The van der Waals surface area contributed by atoms with Crippen LogP contribution in [0.1, 0.15) is 54.7 Å². The van der Waals surface area contributed by atoms with E-state index in [0.29, 0.717) is 30.8 Å². The van der Waals surface area contributed by atoms with E-state index in [2.05, 4.69) is 25.8 Å². The number of hydrogen-bond donors (Lipinski definition) is 3. The molecule has 0 spiro atoms. The van der Waals surface area contributed by atoms with Crippen molar-refractivity contribution < 1.29 is 9.59 Å². The lowest BCUT2D eigenvalue weighted by atomic mass is 10.0. The van der Waals surface area contributed by atoms with Crippen LogP contribution in [0.15, 0.2) is 16.8 Å². The molecule has 0 fully saturated rings. The average molecular weight is 349 g/mol. The Morgan fingerprint density at radius 2 is 2.17 bits per heavy atom. The Morgan fingerprint density at radius 1 is 1.38 bits per heavy atom. The molecular weight excluding hydrogens is 326 g/mol. The summed E-state index contributed by atoms with van der Waals surface area (Å²) in [5, 5.41) is 16.4. The molecule has 24 heavy (non-hydrogen) atoms. The van der Waals surface area contributed by atoms with Gasteiger partial charge in [0.25, 0.3) is 5.91 Å². The van der Waals surface area contributed by atoms with Gasteiger partial charge in [-0.2, -0.15) is 16.4 Å². The quantitative estimate of drug-likeness (QED) is 0.636. The van der Waals surface area contributed by atoms with Crippen LogP contribution in [-0.4, -0.2) is 33.5 Å². The fourth-order valence-electron chi connectivity index (χ4n) is 2.22. The maximum atomic E-state index is 12.1. The van der Waals surface area contributed by atoms with E-state index in [1.807, 2.05) is 26.2 Å². The van der Waals surface area contributed by atoms with Crippen LogP contribution in [0, 0.1) is 12.8 Å². The van der Waals surface area contributed by atoms with Gasteiger partial charge in [0.1, 0.15) is 5.82 Å². The second kappa shape index (κ2) is 8.58. The van der Waals surface area contributed by atoms with E-state index in [4.69, 9.17) is 0 Å². The summed E-state index contributed by atoms with van der Waals surface area (Å²) in [5.74, 6) is 1.33. The number of nitrogens with zero attached hydrogens (tertiary/aromatic N) is 2. The van der Waals surface area contributed by atoms with Crippen molar-refractivity contribution in [2.45, 2.75) is 39.7 Å². The van der Waals surface area contributed by atoms with Crippen molar-refractivity contribution >= 4 is 23.2 Å². The van der Waals surface area contributed by atoms with Crippen LogP contribution in [0.3, 0.4) is 0 Å². The summed E-state index contributed by atoms with van der Waals surface area (Å²) >= 11 is 1.48. The van der Waals surface area contributed by atoms with Crippen LogP contribution in [0.5, 0.6) is 0 Å². The number of thiophene rings is 1. The first-order valence-electron chi connectivity index (χ1n) is 7.96.